The van der Waals surface area contributed by atoms with Gasteiger partial charge in [0.05, 0.1) is 12.2 Å². The molecule has 1 amide bonds. The van der Waals surface area contributed by atoms with Gasteiger partial charge in [0, 0.05) is 18.0 Å². The molecule has 1 N–H and O–H groups in total. The molecular formula is C31H40ClN5O4S. The van der Waals surface area contributed by atoms with Crippen LogP contribution in [0.3, 0.4) is 0 Å². The van der Waals surface area contributed by atoms with Crippen molar-refractivity contribution in [2.75, 3.05) is 6.61 Å². The molecule has 2 aliphatic carbocycles. The minimum atomic E-state index is -4.21. The van der Waals surface area contributed by atoms with Gasteiger partial charge in [-0.3, -0.25) is 4.79 Å². The van der Waals surface area contributed by atoms with E-state index in [1.807, 2.05) is 6.07 Å². The van der Waals surface area contributed by atoms with Crippen LogP contribution in [0.15, 0.2) is 47.6 Å². The fraction of sp³-hybridized carbons (Fsp3) is 0.548. The maximum Gasteiger partial charge on any atom is 0.281 e. The van der Waals surface area contributed by atoms with Crippen LogP contribution in [0.4, 0.5) is 0 Å². The number of amides is 1. The number of hydrogen-bond donors (Lipinski definition) is 1. The number of unbranched alkanes of at least 4 members (excludes halogenated alkanes) is 1. The van der Waals surface area contributed by atoms with Crippen molar-refractivity contribution in [1.82, 2.24) is 24.5 Å². The molecule has 5 rings (SSSR count). The highest BCUT2D eigenvalue weighted by Crippen LogP contribution is 2.48. The second kappa shape index (κ2) is 12.3. The summed E-state index contributed by atoms with van der Waals surface area (Å²) in [6.45, 7) is 7.51. The molecule has 0 aliphatic heterocycles. The maximum atomic E-state index is 13.0. The number of nitrogens with zero attached hydrogens (tertiary/aromatic N) is 4. The summed E-state index contributed by atoms with van der Waals surface area (Å²) in [6.07, 6.45) is 12.9. The van der Waals surface area contributed by atoms with Crippen molar-refractivity contribution in [3.63, 3.8) is 0 Å². The fourth-order valence-electron chi connectivity index (χ4n) is 5.64. The molecule has 11 heteroatoms. The number of pyridine rings is 2. The topological polar surface area (TPSA) is 116 Å². The summed E-state index contributed by atoms with van der Waals surface area (Å²) in [7, 11) is -4.21. The predicted octanol–water partition coefficient (Wildman–Crippen LogP) is 6.54. The minimum absolute atomic E-state index is 0.0726. The Hall–Kier alpha value is -2.98. The monoisotopic (exact) mass is 613 g/mol. The fourth-order valence-corrected chi connectivity index (χ4v) is 6.83. The van der Waals surface area contributed by atoms with Crippen LogP contribution in [0.1, 0.15) is 94.6 Å². The third kappa shape index (κ3) is 7.89. The van der Waals surface area contributed by atoms with Crippen molar-refractivity contribution in [1.29, 1.82) is 0 Å². The smallest absolute Gasteiger partial charge is 0.281 e. The van der Waals surface area contributed by atoms with E-state index >= 15 is 0 Å². The van der Waals surface area contributed by atoms with Gasteiger partial charge < -0.3 is 4.74 Å². The summed E-state index contributed by atoms with van der Waals surface area (Å²) in [6, 6.07) is 9.54. The van der Waals surface area contributed by atoms with Gasteiger partial charge in [-0.2, -0.15) is 8.42 Å². The molecule has 0 spiro atoms. The Morgan fingerprint density at radius 2 is 1.90 bits per heavy atom. The van der Waals surface area contributed by atoms with Crippen molar-refractivity contribution in [2.24, 2.45) is 16.7 Å². The van der Waals surface area contributed by atoms with Crippen molar-refractivity contribution in [3.8, 4) is 11.7 Å². The van der Waals surface area contributed by atoms with E-state index in [0.717, 1.165) is 25.2 Å². The van der Waals surface area contributed by atoms with E-state index in [1.54, 1.807) is 24.4 Å². The quantitative estimate of drug-likeness (QED) is 0.172. The molecule has 42 heavy (non-hydrogen) atoms. The van der Waals surface area contributed by atoms with Gasteiger partial charge in [0.2, 0.25) is 5.88 Å². The highest BCUT2D eigenvalue weighted by Gasteiger charge is 2.36. The van der Waals surface area contributed by atoms with Gasteiger partial charge in [-0.15, -0.1) is 5.10 Å². The number of ether oxygens (including phenoxy) is 1. The largest absolute Gasteiger partial charge is 0.477 e. The maximum absolute atomic E-state index is 13.0. The molecular weight excluding hydrogens is 574 g/mol. The van der Waals surface area contributed by atoms with Gasteiger partial charge in [-0.05, 0) is 92.4 Å². The molecule has 0 saturated heterocycles. The number of sulfonamides is 1. The molecule has 3 aromatic heterocycles. The van der Waals surface area contributed by atoms with Crippen LogP contribution in [-0.2, 0) is 16.4 Å². The number of aromatic nitrogens is 4. The van der Waals surface area contributed by atoms with E-state index in [0.29, 0.717) is 41.2 Å². The van der Waals surface area contributed by atoms with E-state index < -0.39 is 15.9 Å². The summed E-state index contributed by atoms with van der Waals surface area (Å²) >= 11 is 6.30. The Morgan fingerprint density at radius 1 is 1.10 bits per heavy atom. The Kier molecular flexibility index (Phi) is 8.94. The first-order chi connectivity index (χ1) is 19.9. The summed E-state index contributed by atoms with van der Waals surface area (Å²) in [5.41, 5.74) is 1.46. The van der Waals surface area contributed by atoms with Gasteiger partial charge in [0.15, 0.2) is 10.8 Å². The van der Waals surface area contributed by atoms with Gasteiger partial charge in [0.25, 0.3) is 15.9 Å². The molecule has 0 aromatic carbocycles. The molecule has 3 aromatic rings. The highest BCUT2D eigenvalue weighted by molar-refractivity contribution is 7.90. The third-order valence-electron chi connectivity index (χ3n) is 8.59. The number of carbonyl (C=O) groups is 1. The van der Waals surface area contributed by atoms with Gasteiger partial charge in [0.1, 0.15) is 5.15 Å². The van der Waals surface area contributed by atoms with Crippen molar-refractivity contribution >= 4 is 27.5 Å². The van der Waals surface area contributed by atoms with E-state index in [4.69, 9.17) is 16.3 Å². The molecule has 2 fully saturated rings. The molecule has 1 atom stereocenters. The SMILES string of the molecule is CC1(C)CCC(CCCCc2cccc(S(=O)(=O)NC(=O)c3ccc(-n4ccc(OCCC5(C)CC5)n4)nc3Cl)n2)C1. The van der Waals surface area contributed by atoms with Crippen LogP contribution in [0.2, 0.25) is 5.15 Å². The van der Waals surface area contributed by atoms with Crippen molar-refractivity contribution < 1.29 is 17.9 Å². The number of aryl methyl sites for hydroxylation is 1. The lowest BCUT2D eigenvalue weighted by molar-refractivity contribution is 0.0981. The molecule has 2 aliphatic rings. The van der Waals surface area contributed by atoms with Crippen LogP contribution < -0.4 is 9.46 Å². The third-order valence-corrected chi connectivity index (χ3v) is 10.1. The standard InChI is InChI=1S/C31H40ClN5O4S/c1-30(2)15-13-22(21-30)7-4-5-8-23-9-6-10-27(33-23)42(39,40)36-29(38)24-11-12-25(34-28(24)32)37-19-14-26(35-37)41-20-18-31(3)16-17-31/h6,9-12,14,19,22H,4-5,7-8,13,15-18,20-21H2,1-3H3,(H,36,38). The zero-order chi connectivity index (χ0) is 30.0. The number of carbonyl (C=O) groups excluding carboxylic acids is 1. The van der Waals surface area contributed by atoms with Gasteiger partial charge >= 0.3 is 0 Å². The first-order valence-electron chi connectivity index (χ1n) is 14.8. The predicted molar refractivity (Wildman–Crippen MR) is 161 cm³/mol. The molecule has 9 nitrogen and oxygen atoms in total. The first kappa shape index (κ1) is 30.5. The van der Waals surface area contributed by atoms with Crippen LogP contribution >= 0.6 is 11.6 Å². The van der Waals surface area contributed by atoms with Gasteiger partial charge in [-0.1, -0.05) is 51.3 Å². The first-order valence-corrected chi connectivity index (χ1v) is 16.7. The van der Waals surface area contributed by atoms with Crippen molar-refractivity contribution in [2.45, 2.75) is 90.0 Å². The number of halogens is 1. The van der Waals surface area contributed by atoms with Crippen LogP contribution in [0.5, 0.6) is 5.88 Å². The van der Waals surface area contributed by atoms with Gasteiger partial charge in [-0.25, -0.2) is 19.4 Å². The Balaban J connectivity index is 1.15. The average molecular weight is 614 g/mol. The number of hydrogen-bond acceptors (Lipinski definition) is 7. The lowest BCUT2D eigenvalue weighted by Gasteiger charge is -2.17. The average Bonchev–Trinajstić information content (AvgIpc) is 3.31. The van der Waals surface area contributed by atoms with E-state index in [2.05, 4.69) is 40.6 Å². The van der Waals surface area contributed by atoms with Crippen molar-refractivity contribution in [3.05, 3.63) is 59.0 Å². The Bertz CT molecular complexity index is 1530. The summed E-state index contributed by atoms with van der Waals surface area (Å²) < 4.78 is 35.3. The number of nitrogens with one attached hydrogen (secondary N) is 1. The summed E-state index contributed by atoms with van der Waals surface area (Å²) in [5, 5.41) is 4.02. The second-order valence-corrected chi connectivity index (χ2v) is 14.9. The number of rotatable bonds is 13. The minimum Gasteiger partial charge on any atom is -0.477 e. The lowest BCUT2D eigenvalue weighted by atomic mass is 9.89. The zero-order valence-electron chi connectivity index (χ0n) is 24.6. The second-order valence-electron chi connectivity index (χ2n) is 12.9. The molecule has 1 unspecified atom stereocenters. The zero-order valence-corrected chi connectivity index (χ0v) is 26.2. The van der Waals surface area contributed by atoms with Crippen LogP contribution in [0.25, 0.3) is 5.82 Å². The lowest BCUT2D eigenvalue weighted by Crippen LogP contribution is -2.31. The molecule has 2 saturated carbocycles. The van der Waals surface area contributed by atoms with Crippen LogP contribution in [0, 0.1) is 16.7 Å². The van der Waals surface area contributed by atoms with E-state index in [9.17, 15) is 13.2 Å². The Morgan fingerprint density at radius 3 is 2.62 bits per heavy atom. The summed E-state index contributed by atoms with van der Waals surface area (Å²) in [5.74, 6) is 0.734. The van der Waals surface area contributed by atoms with E-state index in [1.165, 1.54) is 55.3 Å². The molecule has 3 heterocycles. The van der Waals surface area contributed by atoms with E-state index in [-0.39, 0.29) is 15.7 Å². The normalized spacial score (nSPS) is 19.0. The van der Waals surface area contributed by atoms with Crippen LogP contribution in [-0.4, -0.2) is 40.7 Å². The Labute approximate surface area is 253 Å². The molecule has 226 valence electrons. The highest BCUT2D eigenvalue weighted by atomic mass is 35.5. The molecule has 0 radical (unpaired) electrons. The summed E-state index contributed by atoms with van der Waals surface area (Å²) in [4.78, 5) is 21.5. The molecule has 0 bridgehead atoms.